The highest BCUT2D eigenvalue weighted by Crippen LogP contribution is 2.33. The van der Waals surface area contributed by atoms with Crippen LogP contribution in [-0.2, 0) is 4.79 Å². The minimum Gasteiger partial charge on any atom is -0.457 e. The van der Waals surface area contributed by atoms with E-state index in [4.69, 9.17) is 9.47 Å². The smallest absolute Gasteiger partial charge is 0.258 e. The second-order valence-electron chi connectivity index (χ2n) is 8.82. The van der Waals surface area contributed by atoms with Crippen molar-refractivity contribution in [1.82, 2.24) is 29.9 Å². The molecule has 0 saturated carbocycles. The monoisotopic (exact) mass is 484 g/mol. The molecule has 1 N–H and O–H groups in total. The Kier molecular flexibility index (Phi) is 6.92. The van der Waals surface area contributed by atoms with E-state index in [1.807, 2.05) is 96.9 Å². The van der Waals surface area contributed by atoms with Crippen molar-refractivity contribution in [2.45, 2.75) is 6.04 Å². The number of aromatic nitrogens is 3. The lowest BCUT2D eigenvalue weighted by atomic mass is 10.1. The lowest BCUT2D eigenvalue weighted by Crippen LogP contribution is -2.56. The van der Waals surface area contributed by atoms with E-state index < -0.39 is 0 Å². The Morgan fingerprint density at radius 1 is 1.00 bits per heavy atom. The van der Waals surface area contributed by atoms with Crippen LogP contribution in [0.2, 0.25) is 0 Å². The molecule has 3 heterocycles. The molecular weight excluding hydrogens is 456 g/mol. The number of nitrogens with one attached hydrogen (secondary N) is 1. The summed E-state index contributed by atoms with van der Waals surface area (Å²) in [7, 11) is 3.92. The summed E-state index contributed by atoms with van der Waals surface area (Å²) in [6, 6.07) is 19.2. The highest BCUT2D eigenvalue weighted by Gasteiger charge is 2.31. The van der Waals surface area contributed by atoms with E-state index >= 15 is 0 Å². The predicted octanol–water partition coefficient (Wildman–Crippen LogP) is 4.02. The normalized spacial score (nSPS) is 14.3. The van der Waals surface area contributed by atoms with Crippen LogP contribution in [0.3, 0.4) is 0 Å². The molecule has 9 nitrogen and oxygen atoms in total. The van der Waals surface area contributed by atoms with Gasteiger partial charge in [0.15, 0.2) is 0 Å². The van der Waals surface area contributed by atoms with Crippen LogP contribution < -0.4 is 14.9 Å². The highest BCUT2D eigenvalue weighted by molar-refractivity contribution is 5.87. The van der Waals surface area contributed by atoms with Crippen molar-refractivity contribution in [3.63, 3.8) is 0 Å². The van der Waals surface area contributed by atoms with Gasteiger partial charge in [-0.1, -0.05) is 24.3 Å². The molecule has 1 fully saturated rings. The molecule has 184 valence electrons. The molecule has 1 saturated heterocycles. The van der Waals surface area contributed by atoms with Crippen molar-refractivity contribution in [1.29, 1.82) is 0 Å². The summed E-state index contributed by atoms with van der Waals surface area (Å²) in [6.45, 7) is 2.07. The number of rotatable bonds is 9. The van der Waals surface area contributed by atoms with Gasteiger partial charge in [-0.15, -0.1) is 0 Å². The van der Waals surface area contributed by atoms with Crippen molar-refractivity contribution in [2.75, 3.05) is 33.7 Å². The number of carbonyl (C=O) groups is 1. The second kappa shape index (κ2) is 10.6. The molecule has 1 aliphatic heterocycles. The molecule has 9 heteroatoms. The van der Waals surface area contributed by atoms with Gasteiger partial charge in [0, 0.05) is 31.9 Å². The van der Waals surface area contributed by atoms with Crippen molar-refractivity contribution in [3.05, 3.63) is 85.3 Å². The maximum Gasteiger partial charge on any atom is 0.258 e. The minimum absolute atomic E-state index is 0.125. The van der Waals surface area contributed by atoms with Gasteiger partial charge in [0.2, 0.25) is 5.88 Å². The molecular formula is C27H28N6O3. The number of ether oxygens (including phenoxy) is 2. The number of hydrogen-bond acceptors (Lipinski definition) is 7. The van der Waals surface area contributed by atoms with Gasteiger partial charge in [-0.25, -0.2) is 9.99 Å². The summed E-state index contributed by atoms with van der Waals surface area (Å²) in [5, 5.41) is 1.90. The van der Waals surface area contributed by atoms with E-state index in [0.29, 0.717) is 24.7 Å². The first-order valence-corrected chi connectivity index (χ1v) is 11.7. The Morgan fingerprint density at radius 2 is 1.69 bits per heavy atom. The fourth-order valence-corrected chi connectivity index (χ4v) is 3.94. The zero-order chi connectivity index (χ0) is 24.9. The highest BCUT2D eigenvalue weighted by atomic mass is 16.5. The Labute approximate surface area is 209 Å². The fraction of sp³-hybridized carbons (Fsp3) is 0.222. The van der Waals surface area contributed by atoms with E-state index in [-0.39, 0.29) is 11.9 Å². The molecule has 0 bridgehead atoms. The number of para-hydroxylation sites is 1. The molecule has 0 aliphatic carbocycles. The molecule has 2 aromatic heterocycles. The molecule has 0 spiro atoms. The number of likely N-dealkylation sites (N-methyl/N-ethyl adjacent to an activating group) is 1. The van der Waals surface area contributed by atoms with Gasteiger partial charge in [-0.05, 0) is 56.6 Å². The Morgan fingerprint density at radius 3 is 2.42 bits per heavy atom. The van der Waals surface area contributed by atoms with Gasteiger partial charge in [-0.3, -0.25) is 10.2 Å². The average molecular weight is 485 g/mol. The van der Waals surface area contributed by atoms with Crippen LogP contribution in [0.25, 0.3) is 11.0 Å². The molecule has 5 rings (SSSR count). The Balaban J connectivity index is 1.24. The maximum atomic E-state index is 12.1. The predicted molar refractivity (Wildman–Crippen MR) is 137 cm³/mol. The summed E-state index contributed by atoms with van der Waals surface area (Å²) in [6.07, 6.45) is 6.90. The first-order valence-electron chi connectivity index (χ1n) is 11.7. The van der Waals surface area contributed by atoms with Crippen molar-refractivity contribution >= 4 is 16.9 Å². The van der Waals surface area contributed by atoms with E-state index in [2.05, 4.69) is 20.0 Å². The average Bonchev–Trinajstić information content (AvgIpc) is 3.27. The largest absolute Gasteiger partial charge is 0.457 e. The summed E-state index contributed by atoms with van der Waals surface area (Å²) in [5.41, 5.74) is 4.54. The van der Waals surface area contributed by atoms with E-state index in [9.17, 15) is 4.79 Å². The standard InChI is InChI=1S/C27H28N6O3/c1-31(2)15-6-9-25(34)30-32-17-20(18-32)33-16-14-24-26(33)27(29-19-28-24)36-23-12-10-22(11-13-23)35-21-7-4-3-5-8-21/h3-14,16,19-20H,15,17-18H2,1-2H3,(H,30,34)/b9-6+. The number of hydrazine groups is 1. The maximum absolute atomic E-state index is 12.1. The van der Waals surface area contributed by atoms with Gasteiger partial charge in [0.1, 0.15) is 29.1 Å². The molecule has 36 heavy (non-hydrogen) atoms. The van der Waals surface area contributed by atoms with Gasteiger partial charge < -0.3 is 18.9 Å². The third kappa shape index (κ3) is 5.54. The van der Waals surface area contributed by atoms with Crippen LogP contribution in [0.1, 0.15) is 6.04 Å². The summed E-state index contributed by atoms with van der Waals surface area (Å²) >= 11 is 0. The zero-order valence-corrected chi connectivity index (χ0v) is 20.2. The van der Waals surface area contributed by atoms with Gasteiger partial charge in [-0.2, -0.15) is 4.98 Å². The number of benzene rings is 2. The van der Waals surface area contributed by atoms with Gasteiger partial charge in [0.05, 0.1) is 11.6 Å². The van der Waals surface area contributed by atoms with Crippen LogP contribution in [0, 0.1) is 0 Å². The second-order valence-corrected chi connectivity index (χ2v) is 8.82. The SMILES string of the molecule is CN(C)C/C=C/C(=O)NN1CC(n2ccc3ncnc(Oc4ccc(Oc5ccccc5)cc4)c32)C1. The molecule has 0 radical (unpaired) electrons. The molecule has 0 atom stereocenters. The van der Waals surface area contributed by atoms with E-state index in [1.54, 1.807) is 6.08 Å². The zero-order valence-electron chi connectivity index (χ0n) is 20.2. The first kappa shape index (κ1) is 23.5. The van der Waals surface area contributed by atoms with Crippen LogP contribution in [0.5, 0.6) is 23.1 Å². The quantitative estimate of drug-likeness (QED) is 0.359. The van der Waals surface area contributed by atoms with Crippen molar-refractivity contribution < 1.29 is 14.3 Å². The molecule has 4 aromatic rings. The third-order valence-corrected chi connectivity index (χ3v) is 5.75. The van der Waals surface area contributed by atoms with Crippen LogP contribution in [0.4, 0.5) is 0 Å². The van der Waals surface area contributed by atoms with Gasteiger partial charge >= 0.3 is 0 Å². The van der Waals surface area contributed by atoms with Crippen molar-refractivity contribution in [2.24, 2.45) is 0 Å². The lowest BCUT2D eigenvalue weighted by molar-refractivity contribution is -0.124. The number of carbonyl (C=O) groups excluding carboxylic acids is 1. The van der Waals surface area contributed by atoms with Crippen LogP contribution >= 0.6 is 0 Å². The van der Waals surface area contributed by atoms with Gasteiger partial charge in [0.25, 0.3) is 5.91 Å². The number of nitrogens with zero attached hydrogens (tertiary/aromatic N) is 5. The number of amides is 1. The molecule has 2 aromatic carbocycles. The summed E-state index contributed by atoms with van der Waals surface area (Å²) in [4.78, 5) is 22.9. The Hall–Kier alpha value is -4.21. The molecule has 1 amide bonds. The summed E-state index contributed by atoms with van der Waals surface area (Å²) in [5.74, 6) is 2.50. The number of hydrogen-bond donors (Lipinski definition) is 1. The van der Waals surface area contributed by atoms with E-state index in [1.165, 1.54) is 6.33 Å². The minimum atomic E-state index is -0.125. The lowest BCUT2D eigenvalue weighted by Gasteiger charge is -2.39. The third-order valence-electron chi connectivity index (χ3n) is 5.75. The van der Waals surface area contributed by atoms with Crippen molar-refractivity contribution in [3.8, 4) is 23.1 Å². The summed E-state index contributed by atoms with van der Waals surface area (Å²) < 4.78 is 14.1. The fourth-order valence-electron chi connectivity index (χ4n) is 3.94. The Bertz CT molecular complexity index is 1350. The molecule has 0 unspecified atom stereocenters. The van der Waals surface area contributed by atoms with E-state index in [0.717, 1.165) is 29.1 Å². The van der Waals surface area contributed by atoms with Crippen LogP contribution in [-0.4, -0.2) is 64.1 Å². The topological polar surface area (TPSA) is 84.8 Å². The first-order chi connectivity index (χ1) is 17.5. The number of fused-ring (bicyclic) bond motifs is 1. The molecule has 1 aliphatic rings. The van der Waals surface area contributed by atoms with Crippen LogP contribution in [0.15, 0.2) is 85.3 Å².